The fourth-order valence-corrected chi connectivity index (χ4v) is 3.48. The van der Waals surface area contributed by atoms with Gasteiger partial charge < -0.3 is 15.4 Å². The lowest BCUT2D eigenvalue weighted by Gasteiger charge is -2.31. The van der Waals surface area contributed by atoms with Gasteiger partial charge in [-0.05, 0) is 39.5 Å². The van der Waals surface area contributed by atoms with E-state index in [0.29, 0.717) is 29.7 Å². The SMILES string of the molecule is CN=C(NCC(=O)OC(C)(C)C)NCC1CCN(S(=O)(=O)C(F)(F)F)CC1. The van der Waals surface area contributed by atoms with Crippen molar-refractivity contribution in [2.24, 2.45) is 10.9 Å². The van der Waals surface area contributed by atoms with Crippen LogP contribution >= 0.6 is 0 Å². The maximum absolute atomic E-state index is 12.6. The molecule has 158 valence electrons. The van der Waals surface area contributed by atoms with E-state index in [9.17, 15) is 26.4 Å². The molecule has 2 N–H and O–H groups in total. The fourth-order valence-electron chi connectivity index (χ4n) is 2.50. The van der Waals surface area contributed by atoms with Crippen LogP contribution < -0.4 is 10.6 Å². The van der Waals surface area contributed by atoms with Crippen molar-refractivity contribution in [1.82, 2.24) is 14.9 Å². The van der Waals surface area contributed by atoms with Crippen molar-refractivity contribution in [3.05, 3.63) is 0 Å². The van der Waals surface area contributed by atoms with Gasteiger partial charge in [0.2, 0.25) is 0 Å². The predicted octanol–water partition coefficient (Wildman–Crippen LogP) is 1.05. The zero-order valence-electron chi connectivity index (χ0n) is 15.9. The lowest BCUT2D eigenvalue weighted by atomic mass is 9.98. The van der Waals surface area contributed by atoms with Crippen LogP contribution in [0, 0.1) is 5.92 Å². The zero-order valence-corrected chi connectivity index (χ0v) is 16.7. The van der Waals surface area contributed by atoms with Crippen molar-refractivity contribution in [3.8, 4) is 0 Å². The van der Waals surface area contributed by atoms with E-state index in [1.165, 1.54) is 7.05 Å². The van der Waals surface area contributed by atoms with E-state index >= 15 is 0 Å². The van der Waals surface area contributed by atoms with Gasteiger partial charge in [0.05, 0.1) is 0 Å². The van der Waals surface area contributed by atoms with Gasteiger partial charge in [-0.1, -0.05) is 0 Å². The van der Waals surface area contributed by atoms with Crippen molar-refractivity contribution in [2.75, 3.05) is 33.2 Å². The Hall–Kier alpha value is -1.56. The number of hydrogen-bond acceptors (Lipinski definition) is 5. The second-order valence-corrected chi connectivity index (χ2v) is 9.12. The number of hydrogen-bond donors (Lipinski definition) is 2. The van der Waals surface area contributed by atoms with Gasteiger partial charge in [0.1, 0.15) is 12.1 Å². The average molecular weight is 416 g/mol. The van der Waals surface area contributed by atoms with Crippen molar-refractivity contribution >= 4 is 22.0 Å². The van der Waals surface area contributed by atoms with Crippen LogP contribution in [-0.2, 0) is 19.6 Å². The van der Waals surface area contributed by atoms with Gasteiger partial charge in [0, 0.05) is 26.7 Å². The Morgan fingerprint density at radius 1 is 1.19 bits per heavy atom. The van der Waals surface area contributed by atoms with Gasteiger partial charge in [0.25, 0.3) is 0 Å². The first-order chi connectivity index (χ1) is 12.3. The molecule has 8 nitrogen and oxygen atoms in total. The molecule has 1 rings (SSSR count). The summed E-state index contributed by atoms with van der Waals surface area (Å²) in [5.41, 5.74) is -5.87. The van der Waals surface area contributed by atoms with Crippen LogP contribution in [0.25, 0.3) is 0 Å². The summed E-state index contributed by atoms with van der Waals surface area (Å²) in [5.74, 6) is -0.105. The maximum atomic E-state index is 12.6. The number of piperidine rings is 1. The number of sulfonamides is 1. The minimum absolute atomic E-state index is 0.00948. The Labute approximate surface area is 157 Å². The molecule has 1 aliphatic heterocycles. The first-order valence-corrected chi connectivity index (χ1v) is 9.93. The van der Waals surface area contributed by atoms with Gasteiger partial charge in [-0.25, -0.2) is 8.42 Å². The molecule has 0 spiro atoms. The number of carbonyl (C=O) groups is 1. The van der Waals surface area contributed by atoms with Crippen LogP contribution in [0.4, 0.5) is 13.2 Å². The summed E-state index contributed by atoms with van der Waals surface area (Å²) in [4.78, 5) is 15.6. The first-order valence-electron chi connectivity index (χ1n) is 8.49. The summed E-state index contributed by atoms with van der Waals surface area (Å²) in [6, 6.07) is 0. The topological polar surface area (TPSA) is 100 Å². The predicted molar refractivity (Wildman–Crippen MR) is 94.5 cm³/mol. The highest BCUT2D eigenvalue weighted by Crippen LogP contribution is 2.30. The number of rotatable bonds is 5. The molecular weight excluding hydrogens is 389 g/mol. The molecule has 0 bridgehead atoms. The molecule has 1 saturated heterocycles. The Morgan fingerprint density at radius 3 is 2.19 bits per heavy atom. The number of carbonyl (C=O) groups excluding carboxylic acids is 1. The molecule has 27 heavy (non-hydrogen) atoms. The quantitative estimate of drug-likeness (QED) is 0.395. The molecule has 0 aliphatic carbocycles. The third-order valence-corrected chi connectivity index (χ3v) is 5.44. The van der Waals surface area contributed by atoms with E-state index in [1.807, 2.05) is 0 Å². The minimum Gasteiger partial charge on any atom is -0.459 e. The summed E-state index contributed by atoms with van der Waals surface area (Å²) in [5, 5.41) is 5.78. The Bertz CT molecular complexity index is 636. The highest BCUT2D eigenvalue weighted by Gasteiger charge is 2.50. The van der Waals surface area contributed by atoms with E-state index in [2.05, 4.69) is 15.6 Å². The molecule has 0 aromatic heterocycles. The summed E-state index contributed by atoms with van der Waals surface area (Å²) in [6.07, 6.45) is 0.594. The molecule has 1 fully saturated rings. The lowest BCUT2D eigenvalue weighted by molar-refractivity contribution is -0.153. The summed E-state index contributed by atoms with van der Waals surface area (Å²) in [7, 11) is -3.75. The molecule has 0 amide bonds. The molecule has 1 aliphatic rings. The van der Waals surface area contributed by atoms with Crippen LogP contribution in [0.2, 0.25) is 0 Å². The molecule has 0 aromatic carbocycles. The van der Waals surface area contributed by atoms with Crippen molar-refractivity contribution < 1.29 is 31.1 Å². The molecule has 0 atom stereocenters. The Morgan fingerprint density at radius 2 is 1.74 bits per heavy atom. The zero-order chi connectivity index (χ0) is 20.9. The molecule has 0 saturated carbocycles. The van der Waals surface area contributed by atoms with Crippen LogP contribution in [0.1, 0.15) is 33.6 Å². The van der Waals surface area contributed by atoms with Gasteiger partial charge >= 0.3 is 21.5 Å². The van der Waals surface area contributed by atoms with Gasteiger partial charge in [-0.3, -0.25) is 9.79 Å². The lowest BCUT2D eigenvalue weighted by Crippen LogP contribution is -2.47. The Kier molecular flexibility index (Phi) is 7.90. The molecular formula is C15H27F3N4O4S. The number of ether oxygens (including phenoxy) is 1. The number of aliphatic imine (C=N–C) groups is 1. The largest absolute Gasteiger partial charge is 0.511 e. The number of halogens is 3. The second kappa shape index (κ2) is 9.09. The van der Waals surface area contributed by atoms with Crippen LogP contribution in [-0.4, -0.2) is 69.0 Å². The molecule has 0 unspecified atom stereocenters. The summed E-state index contributed by atoms with van der Waals surface area (Å²) in [6.45, 7) is 5.21. The van der Waals surface area contributed by atoms with Crippen molar-refractivity contribution in [3.63, 3.8) is 0 Å². The average Bonchev–Trinajstić information content (AvgIpc) is 2.52. The van der Waals surface area contributed by atoms with Crippen LogP contribution in [0.15, 0.2) is 4.99 Å². The molecule has 0 radical (unpaired) electrons. The number of nitrogens with one attached hydrogen (secondary N) is 2. The van der Waals surface area contributed by atoms with E-state index in [0.717, 1.165) is 0 Å². The molecule has 1 heterocycles. The summed E-state index contributed by atoms with van der Waals surface area (Å²) >= 11 is 0. The van der Waals surface area contributed by atoms with E-state index in [-0.39, 0.29) is 25.6 Å². The summed E-state index contributed by atoms with van der Waals surface area (Å²) < 4.78 is 66.1. The number of esters is 1. The number of alkyl halides is 3. The third kappa shape index (κ3) is 7.53. The smallest absolute Gasteiger partial charge is 0.459 e. The minimum atomic E-state index is -5.27. The standard InChI is InChI=1S/C15H27F3N4O4S/c1-14(2,3)26-12(23)10-21-13(19-4)20-9-11-5-7-22(8-6-11)27(24,25)15(16,17)18/h11H,5-10H2,1-4H3,(H2,19,20,21). The van der Waals surface area contributed by atoms with E-state index in [1.54, 1.807) is 20.8 Å². The molecule has 12 heteroatoms. The van der Waals surface area contributed by atoms with Crippen molar-refractivity contribution in [2.45, 2.75) is 44.7 Å². The Balaban J connectivity index is 2.41. The highest BCUT2D eigenvalue weighted by atomic mass is 32.2. The highest BCUT2D eigenvalue weighted by molar-refractivity contribution is 7.90. The van der Waals surface area contributed by atoms with Gasteiger partial charge in [-0.15, -0.1) is 0 Å². The van der Waals surface area contributed by atoms with Crippen LogP contribution in [0.3, 0.4) is 0 Å². The van der Waals surface area contributed by atoms with E-state index < -0.39 is 27.1 Å². The van der Waals surface area contributed by atoms with E-state index in [4.69, 9.17) is 4.74 Å². The number of nitrogens with zero attached hydrogens (tertiary/aromatic N) is 2. The molecule has 0 aromatic rings. The van der Waals surface area contributed by atoms with Crippen LogP contribution in [0.5, 0.6) is 0 Å². The maximum Gasteiger partial charge on any atom is 0.511 e. The normalized spacial score (nSPS) is 18.3. The van der Waals surface area contributed by atoms with Gasteiger partial charge in [0.15, 0.2) is 5.96 Å². The van der Waals surface area contributed by atoms with Gasteiger partial charge in [-0.2, -0.15) is 17.5 Å². The fraction of sp³-hybridized carbons (Fsp3) is 0.867. The number of guanidine groups is 1. The van der Waals surface area contributed by atoms with Crippen molar-refractivity contribution in [1.29, 1.82) is 0 Å². The first kappa shape index (κ1) is 23.5. The third-order valence-electron chi connectivity index (χ3n) is 3.81. The second-order valence-electron chi connectivity index (χ2n) is 7.19. The monoisotopic (exact) mass is 416 g/mol.